The number of ketones is 1. The van der Waals surface area contributed by atoms with E-state index in [4.69, 9.17) is 0 Å². The molecule has 0 radical (unpaired) electrons. The van der Waals surface area contributed by atoms with Gasteiger partial charge in [0.15, 0.2) is 5.78 Å². The van der Waals surface area contributed by atoms with E-state index in [1.165, 1.54) is 11.3 Å². The van der Waals surface area contributed by atoms with Gasteiger partial charge >= 0.3 is 0 Å². The van der Waals surface area contributed by atoms with Crippen molar-refractivity contribution in [2.24, 2.45) is 0 Å². The van der Waals surface area contributed by atoms with Gasteiger partial charge in [-0.1, -0.05) is 30.3 Å². The lowest BCUT2D eigenvalue weighted by Gasteiger charge is -2.23. The Morgan fingerprint density at radius 2 is 2.09 bits per heavy atom. The summed E-state index contributed by atoms with van der Waals surface area (Å²) in [5.41, 5.74) is 1.97. The highest BCUT2D eigenvalue weighted by Crippen LogP contribution is 2.27. The lowest BCUT2D eigenvalue weighted by atomic mass is 10.0. The number of carbonyl (C=O) groups excluding carboxylic acids is 1. The van der Waals surface area contributed by atoms with E-state index in [2.05, 4.69) is 23.7 Å². The van der Waals surface area contributed by atoms with Crippen LogP contribution < -0.4 is 0 Å². The molecule has 1 aromatic carbocycles. The molecule has 0 spiro atoms. The van der Waals surface area contributed by atoms with Crippen LogP contribution in [-0.4, -0.2) is 28.3 Å². The third-order valence-corrected chi connectivity index (χ3v) is 5.42. The zero-order valence-corrected chi connectivity index (χ0v) is 14.0. The molecule has 0 amide bonds. The fourth-order valence-corrected chi connectivity index (χ4v) is 4.16. The van der Waals surface area contributed by atoms with E-state index in [1.54, 1.807) is 11.3 Å². The maximum Gasteiger partial charge on any atom is 0.164 e. The molecule has 1 aliphatic rings. The van der Waals surface area contributed by atoms with Crippen molar-refractivity contribution < 1.29 is 4.79 Å². The van der Waals surface area contributed by atoms with Gasteiger partial charge in [-0.2, -0.15) is 0 Å². The van der Waals surface area contributed by atoms with Gasteiger partial charge in [-0.15, -0.1) is 11.3 Å². The normalized spacial score (nSPS) is 18.7. The average Bonchev–Trinajstić information content (AvgIpc) is 3.07. The van der Waals surface area contributed by atoms with Crippen LogP contribution in [0.15, 0.2) is 30.3 Å². The minimum Gasteiger partial charge on any atom is -0.295 e. The molecule has 4 heteroatoms. The minimum absolute atomic E-state index is 0.259. The number of likely N-dealkylation sites (tertiary alicyclic amines) is 1. The summed E-state index contributed by atoms with van der Waals surface area (Å²) in [6.07, 6.45) is 2.93. The van der Waals surface area contributed by atoms with Crippen molar-refractivity contribution in [1.29, 1.82) is 0 Å². The highest BCUT2D eigenvalue weighted by Gasteiger charge is 2.27. The van der Waals surface area contributed by atoms with E-state index in [9.17, 15) is 4.79 Å². The van der Waals surface area contributed by atoms with Crippen LogP contribution in [0.25, 0.3) is 0 Å². The van der Waals surface area contributed by atoms with Crippen LogP contribution in [0.1, 0.15) is 45.2 Å². The lowest BCUT2D eigenvalue weighted by molar-refractivity contribution is 0.0939. The standard InChI is InChI=1S/C18H22N2OS/c1-13-18(22-14(2)19-13)12-20-10-6-9-16(20)11-17(21)15-7-4-3-5-8-15/h3-5,7-8,16H,6,9-12H2,1-2H3/t16-/m1/s1. The first-order chi connectivity index (χ1) is 10.6. The predicted molar refractivity (Wildman–Crippen MR) is 90.4 cm³/mol. The zero-order valence-electron chi connectivity index (χ0n) is 13.2. The van der Waals surface area contributed by atoms with Gasteiger partial charge in [0.25, 0.3) is 0 Å². The summed E-state index contributed by atoms with van der Waals surface area (Å²) in [6.45, 7) is 6.16. The topological polar surface area (TPSA) is 33.2 Å². The lowest BCUT2D eigenvalue weighted by Crippen LogP contribution is -2.30. The van der Waals surface area contributed by atoms with Crippen molar-refractivity contribution in [3.05, 3.63) is 51.5 Å². The van der Waals surface area contributed by atoms with E-state index in [0.29, 0.717) is 12.5 Å². The number of thiazole rings is 1. The number of carbonyl (C=O) groups is 1. The maximum atomic E-state index is 12.4. The Labute approximate surface area is 136 Å². The Balaban J connectivity index is 1.66. The fourth-order valence-electron chi connectivity index (χ4n) is 3.20. The summed E-state index contributed by atoms with van der Waals surface area (Å²) in [4.78, 5) is 20.7. The average molecular weight is 314 g/mol. The first kappa shape index (κ1) is 15.4. The number of benzene rings is 1. The van der Waals surface area contributed by atoms with Crippen LogP contribution >= 0.6 is 11.3 Å². The molecule has 2 aromatic rings. The van der Waals surface area contributed by atoms with Gasteiger partial charge in [0, 0.05) is 29.4 Å². The van der Waals surface area contributed by atoms with Gasteiger partial charge < -0.3 is 0 Å². The fraction of sp³-hybridized carbons (Fsp3) is 0.444. The van der Waals surface area contributed by atoms with Crippen LogP contribution in [0.4, 0.5) is 0 Å². The predicted octanol–water partition coefficient (Wildman–Crippen LogP) is 4.00. The largest absolute Gasteiger partial charge is 0.295 e. The van der Waals surface area contributed by atoms with Crippen LogP contribution in [-0.2, 0) is 6.54 Å². The molecule has 3 rings (SSSR count). The molecular weight excluding hydrogens is 292 g/mol. The van der Waals surface area contributed by atoms with Crippen molar-refractivity contribution in [2.45, 2.75) is 45.7 Å². The number of nitrogens with zero attached hydrogens (tertiary/aromatic N) is 2. The molecule has 0 N–H and O–H groups in total. The molecule has 0 saturated carbocycles. The highest BCUT2D eigenvalue weighted by molar-refractivity contribution is 7.11. The van der Waals surface area contributed by atoms with Crippen molar-refractivity contribution in [3.8, 4) is 0 Å². The third-order valence-electron chi connectivity index (χ3n) is 4.36. The Bertz CT molecular complexity index is 650. The number of hydrogen-bond acceptors (Lipinski definition) is 4. The zero-order chi connectivity index (χ0) is 15.5. The molecule has 0 bridgehead atoms. The van der Waals surface area contributed by atoms with E-state index in [1.807, 2.05) is 30.3 Å². The Kier molecular flexibility index (Phi) is 4.69. The summed E-state index contributed by atoms with van der Waals surface area (Å²) in [7, 11) is 0. The number of aromatic nitrogens is 1. The van der Waals surface area contributed by atoms with Crippen molar-refractivity contribution in [3.63, 3.8) is 0 Å². The molecule has 116 valence electrons. The third kappa shape index (κ3) is 3.45. The molecule has 1 aliphatic heterocycles. The van der Waals surface area contributed by atoms with Gasteiger partial charge in [-0.25, -0.2) is 4.98 Å². The molecular formula is C18H22N2OS. The van der Waals surface area contributed by atoms with E-state index in [-0.39, 0.29) is 5.78 Å². The Morgan fingerprint density at radius 3 is 2.77 bits per heavy atom. The van der Waals surface area contributed by atoms with Gasteiger partial charge in [0.05, 0.1) is 10.7 Å². The molecule has 1 saturated heterocycles. The van der Waals surface area contributed by atoms with E-state index in [0.717, 1.165) is 35.8 Å². The molecule has 2 heterocycles. The van der Waals surface area contributed by atoms with Crippen LogP contribution in [0.3, 0.4) is 0 Å². The number of rotatable bonds is 5. The highest BCUT2D eigenvalue weighted by atomic mass is 32.1. The molecule has 0 unspecified atom stereocenters. The smallest absolute Gasteiger partial charge is 0.164 e. The minimum atomic E-state index is 0.259. The molecule has 22 heavy (non-hydrogen) atoms. The van der Waals surface area contributed by atoms with Gasteiger partial charge in [-0.3, -0.25) is 9.69 Å². The van der Waals surface area contributed by atoms with Gasteiger partial charge in [0.1, 0.15) is 0 Å². The quantitative estimate of drug-likeness (QED) is 0.782. The Hall–Kier alpha value is -1.52. The SMILES string of the molecule is Cc1nc(C)c(CN2CCC[C@@H]2CC(=O)c2ccccc2)s1. The molecule has 0 aliphatic carbocycles. The Morgan fingerprint density at radius 1 is 1.32 bits per heavy atom. The molecule has 1 fully saturated rings. The summed E-state index contributed by atoms with van der Waals surface area (Å²) >= 11 is 1.78. The second kappa shape index (κ2) is 6.71. The van der Waals surface area contributed by atoms with Crippen molar-refractivity contribution in [2.75, 3.05) is 6.54 Å². The summed E-state index contributed by atoms with van der Waals surface area (Å²) in [5.74, 6) is 0.259. The summed E-state index contributed by atoms with van der Waals surface area (Å²) in [6, 6.07) is 10.0. The monoisotopic (exact) mass is 314 g/mol. The van der Waals surface area contributed by atoms with E-state index < -0.39 is 0 Å². The van der Waals surface area contributed by atoms with Crippen LogP contribution in [0.2, 0.25) is 0 Å². The molecule has 1 atom stereocenters. The molecule has 3 nitrogen and oxygen atoms in total. The first-order valence-electron chi connectivity index (χ1n) is 7.88. The first-order valence-corrected chi connectivity index (χ1v) is 8.70. The van der Waals surface area contributed by atoms with Crippen LogP contribution in [0.5, 0.6) is 0 Å². The maximum absolute atomic E-state index is 12.4. The van der Waals surface area contributed by atoms with Gasteiger partial charge in [0.2, 0.25) is 0 Å². The number of aryl methyl sites for hydroxylation is 2. The summed E-state index contributed by atoms with van der Waals surface area (Å²) in [5, 5.41) is 1.13. The van der Waals surface area contributed by atoms with E-state index >= 15 is 0 Å². The summed E-state index contributed by atoms with van der Waals surface area (Å²) < 4.78 is 0. The van der Waals surface area contributed by atoms with Gasteiger partial charge in [-0.05, 0) is 33.2 Å². The second-order valence-electron chi connectivity index (χ2n) is 6.00. The second-order valence-corrected chi connectivity index (χ2v) is 7.29. The molecule has 1 aromatic heterocycles. The number of Topliss-reactive ketones (excluding diaryl/α,β-unsaturated/α-hetero) is 1. The van der Waals surface area contributed by atoms with Crippen LogP contribution in [0, 0.1) is 13.8 Å². The van der Waals surface area contributed by atoms with Crippen molar-refractivity contribution in [1.82, 2.24) is 9.88 Å². The van der Waals surface area contributed by atoms with Crippen molar-refractivity contribution >= 4 is 17.1 Å². The number of hydrogen-bond donors (Lipinski definition) is 0.